The van der Waals surface area contributed by atoms with Gasteiger partial charge in [0.1, 0.15) is 11.6 Å². The molecule has 2 amide bonds. The van der Waals surface area contributed by atoms with Crippen molar-refractivity contribution in [3.63, 3.8) is 0 Å². The molecule has 0 saturated heterocycles. The van der Waals surface area contributed by atoms with Gasteiger partial charge in [-0.25, -0.2) is 4.39 Å². The molecule has 3 aromatic carbocycles. The number of methoxy groups -OCH3 is 1. The van der Waals surface area contributed by atoms with E-state index in [0.29, 0.717) is 5.56 Å². The number of carbonyl (C=O) groups is 2. The topological polar surface area (TPSA) is 77.1 Å². The molecule has 184 valence electrons. The van der Waals surface area contributed by atoms with E-state index in [9.17, 15) is 22.8 Å². The fraction of sp³-hybridized carbons (Fsp3) is 0.200. The van der Waals surface area contributed by atoms with Gasteiger partial charge in [0.2, 0.25) is 0 Å². The Hall–Kier alpha value is -4.21. The van der Waals surface area contributed by atoms with Crippen LogP contribution in [0.25, 0.3) is 0 Å². The zero-order valence-corrected chi connectivity index (χ0v) is 19.0. The Labute approximate surface area is 200 Å². The third kappa shape index (κ3) is 6.89. The maximum atomic E-state index is 13.7. The number of hydrogen-bond acceptors (Lipinski definition) is 5. The summed E-state index contributed by atoms with van der Waals surface area (Å²) in [6.07, 6.45) is 0. The average molecular weight is 488 g/mol. The number of ether oxygens (including phenoxy) is 3. The second-order valence-corrected chi connectivity index (χ2v) is 7.34. The highest BCUT2D eigenvalue weighted by molar-refractivity contribution is 5.97. The number of hydrogen-bond donors (Lipinski definition) is 1. The van der Waals surface area contributed by atoms with Crippen LogP contribution in [0.1, 0.15) is 15.9 Å². The van der Waals surface area contributed by atoms with Gasteiger partial charge in [0, 0.05) is 13.6 Å². The van der Waals surface area contributed by atoms with E-state index in [1.54, 1.807) is 24.3 Å². The Balaban J connectivity index is 1.68. The quantitative estimate of drug-likeness (QED) is 0.447. The molecule has 0 aliphatic rings. The van der Waals surface area contributed by atoms with Crippen LogP contribution >= 0.6 is 0 Å². The molecule has 0 spiro atoms. The standard InChI is InChI=1S/C25H23F3N2O5/c1-30(14-16-11-12-21(33-2)22(13-16)35-25(27)28)24(32)17-7-3-6-10-20(17)34-15-23(31)29-19-9-5-4-8-18(19)26/h3-13,25H,14-15H2,1-2H3,(H,29,31). The average Bonchev–Trinajstić information content (AvgIpc) is 2.83. The molecular formula is C25H23F3N2O5. The molecule has 0 fully saturated rings. The maximum absolute atomic E-state index is 13.7. The summed E-state index contributed by atoms with van der Waals surface area (Å²) < 4.78 is 54.1. The Morgan fingerprint density at radius 1 is 0.971 bits per heavy atom. The number of benzene rings is 3. The number of alkyl halides is 2. The van der Waals surface area contributed by atoms with E-state index in [2.05, 4.69) is 10.1 Å². The number of carbonyl (C=O) groups excluding carboxylic acids is 2. The number of halogens is 3. The first-order valence-corrected chi connectivity index (χ1v) is 10.4. The van der Waals surface area contributed by atoms with E-state index in [4.69, 9.17) is 9.47 Å². The molecule has 0 unspecified atom stereocenters. The summed E-state index contributed by atoms with van der Waals surface area (Å²) in [5.41, 5.74) is 0.728. The minimum absolute atomic E-state index is 0.0138. The van der Waals surface area contributed by atoms with Gasteiger partial charge in [-0.15, -0.1) is 0 Å². The van der Waals surface area contributed by atoms with Crippen molar-refractivity contribution < 1.29 is 37.0 Å². The lowest BCUT2D eigenvalue weighted by Gasteiger charge is -2.20. The van der Waals surface area contributed by atoms with Gasteiger partial charge in [-0.05, 0) is 42.0 Å². The van der Waals surface area contributed by atoms with Crippen molar-refractivity contribution in [3.8, 4) is 17.2 Å². The first kappa shape index (κ1) is 25.4. The minimum Gasteiger partial charge on any atom is -0.493 e. The van der Waals surface area contributed by atoms with Gasteiger partial charge in [-0.1, -0.05) is 30.3 Å². The number of para-hydroxylation sites is 2. The van der Waals surface area contributed by atoms with Crippen LogP contribution in [-0.2, 0) is 11.3 Å². The summed E-state index contributed by atoms with van der Waals surface area (Å²) in [6, 6.07) is 16.5. The first-order chi connectivity index (χ1) is 16.8. The predicted octanol–water partition coefficient (Wildman–Crippen LogP) is 4.73. The Morgan fingerprint density at radius 2 is 1.69 bits per heavy atom. The summed E-state index contributed by atoms with van der Waals surface area (Å²) in [4.78, 5) is 26.6. The van der Waals surface area contributed by atoms with Crippen molar-refractivity contribution in [2.45, 2.75) is 13.2 Å². The Morgan fingerprint density at radius 3 is 2.40 bits per heavy atom. The monoisotopic (exact) mass is 488 g/mol. The Kier molecular flexibility index (Phi) is 8.55. The van der Waals surface area contributed by atoms with E-state index in [0.717, 1.165) is 0 Å². The summed E-state index contributed by atoms with van der Waals surface area (Å²) >= 11 is 0. The van der Waals surface area contributed by atoms with Crippen LogP contribution in [0.5, 0.6) is 17.2 Å². The number of anilines is 1. The summed E-state index contributed by atoms with van der Waals surface area (Å²) in [6.45, 7) is -3.40. The fourth-order valence-corrected chi connectivity index (χ4v) is 3.22. The molecule has 10 heteroatoms. The molecule has 0 aliphatic heterocycles. The van der Waals surface area contributed by atoms with Crippen LogP contribution in [-0.4, -0.2) is 44.1 Å². The van der Waals surface area contributed by atoms with Crippen molar-refractivity contribution in [2.75, 3.05) is 26.1 Å². The van der Waals surface area contributed by atoms with E-state index < -0.39 is 30.8 Å². The van der Waals surface area contributed by atoms with Gasteiger partial charge in [0.05, 0.1) is 18.4 Å². The third-order valence-corrected chi connectivity index (χ3v) is 4.83. The highest BCUT2D eigenvalue weighted by Crippen LogP contribution is 2.30. The van der Waals surface area contributed by atoms with Crippen molar-refractivity contribution in [2.24, 2.45) is 0 Å². The van der Waals surface area contributed by atoms with Crippen molar-refractivity contribution in [1.29, 1.82) is 0 Å². The van der Waals surface area contributed by atoms with Gasteiger partial charge < -0.3 is 24.4 Å². The SMILES string of the molecule is COc1ccc(CN(C)C(=O)c2ccccc2OCC(=O)Nc2ccccc2F)cc1OC(F)F. The molecule has 0 aliphatic carbocycles. The largest absolute Gasteiger partial charge is 0.493 e. The first-order valence-electron chi connectivity index (χ1n) is 10.4. The summed E-state index contributed by atoms with van der Waals surface area (Å²) in [7, 11) is 2.86. The smallest absolute Gasteiger partial charge is 0.387 e. The fourth-order valence-electron chi connectivity index (χ4n) is 3.22. The van der Waals surface area contributed by atoms with Gasteiger partial charge in [0.15, 0.2) is 18.1 Å². The van der Waals surface area contributed by atoms with Gasteiger partial charge >= 0.3 is 6.61 Å². The molecule has 3 rings (SSSR count). The lowest BCUT2D eigenvalue weighted by molar-refractivity contribution is -0.118. The van der Waals surface area contributed by atoms with Crippen LogP contribution in [0, 0.1) is 5.82 Å². The van der Waals surface area contributed by atoms with E-state index in [-0.39, 0.29) is 35.0 Å². The molecule has 7 nitrogen and oxygen atoms in total. The highest BCUT2D eigenvalue weighted by atomic mass is 19.3. The lowest BCUT2D eigenvalue weighted by atomic mass is 10.1. The third-order valence-electron chi connectivity index (χ3n) is 4.83. The van der Waals surface area contributed by atoms with Gasteiger partial charge in [-0.2, -0.15) is 8.78 Å². The van der Waals surface area contributed by atoms with Crippen LogP contribution in [0.3, 0.4) is 0 Å². The number of rotatable bonds is 10. The maximum Gasteiger partial charge on any atom is 0.387 e. The van der Waals surface area contributed by atoms with Crippen molar-refractivity contribution >= 4 is 17.5 Å². The second-order valence-electron chi connectivity index (χ2n) is 7.34. The number of nitrogens with zero attached hydrogens (tertiary/aromatic N) is 1. The molecular weight excluding hydrogens is 465 g/mol. The predicted molar refractivity (Wildman–Crippen MR) is 122 cm³/mol. The Bertz CT molecular complexity index is 1190. The van der Waals surface area contributed by atoms with Crippen LogP contribution in [0.15, 0.2) is 66.7 Å². The van der Waals surface area contributed by atoms with E-state index >= 15 is 0 Å². The molecule has 0 aromatic heterocycles. The lowest BCUT2D eigenvalue weighted by Crippen LogP contribution is -2.27. The molecule has 0 saturated carbocycles. The number of nitrogens with one attached hydrogen (secondary N) is 1. The highest BCUT2D eigenvalue weighted by Gasteiger charge is 2.19. The number of amides is 2. The normalized spacial score (nSPS) is 10.6. The van der Waals surface area contributed by atoms with Gasteiger partial charge in [-0.3, -0.25) is 9.59 Å². The zero-order chi connectivity index (χ0) is 25.4. The molecule has 0 heterocycles. The minimum atomic E-state index is -3.03. The van der Waals surface area contributed by atoms with Crippen molar-refractivity contribution in [3.05, 3.63) is 83.7 Å². The molecule has 0 atom stereocenters. The van der Waals surface area contributed by atoms with Crippen LogP contribution in [0.2, 0.25) is 0 Å². The summed E-state index contributed by atoms with van der Waals surface area (Å²) in [5, 5.41) is 2.40. The van der Waals surface area contributed by atoms with Gasteiger partial charge in [0.25, 0.3) is 11.8 Å². The molecule has 35 heavy (non-hydrogen) atoms. The van der Waals surface area contributed by atoms with E-state index in [1.807, 2.05) is 0 Å². The molecule has 1 N–H and O–H groups in total. The zero-order valence-electron chi connectivity index (χ0n) is 19.0. The second kappa shape index (κ2) is 11.8. The van der Waals surface area contributed by atoms with Crippen LogP contribution in [0.4, 0.5) is 18.9 Å². The molecule has 3 aromatic rings. The van der Waals surface area contributed by atoms with Crippen LogP contribution < -0.4 is 19.5 Å². The summed E-state index contributed by atoms with van der Waals surface area (Å²) in [5.74, 6) is -1.47. The molecule has 0 radical (unpaired) electrons. The van der Waals surface area contributed by atoms with E-state index in [1.165, 1.54) is 61.5 Å². The van der Waals surface area contributed by atoms with Crippen molar-refractivity contribution in [1.82, 2.24) is 4.90 Å². The molecule has 0 bridgehead atoms.